The smallest absolute Gasteiger partial charge is 0.0764 e. The second-order valence-electron chi connectivity index (χ2n) is 2.55. The van der Waals surface area contributed by atoms with Crippen LogP contribution in [0.4, 0.5) is 5.69 Å². The van der Waals surface area contributed by atoms with Crippen LogP contribution < -0.4 is 0 Å². The van der Waals surface area contributed by atoms with Crippen molar-refractivity contribution in [2.24, 2.45) is 4.99 Å². The topological polar surface area (TPSA) is 12.4 Å². The van der Waals surface area contributed by atoms with Crippen molar-refractivity contribution in [3.8, 4) is 0 Å². The fourth-order valence-electron chi connectivity index (χ4n) is 1.18. The Hall–Kier alpha value is -0.760. The molecule has 0 saturated heterocycles. The van der Waals surface area contributed by atoms with Gasteiger partial charge in [0, 0.05) is 16.9 Å². The van der Waals surface area contributed by atoms with E-state index in [9.17, 15) is 0 Å². The van der Waals surface area contributed by atoms with Gasteiger partial charge in [0.2, 0.25) is 0 Å². The summed E-state index contributed by atoms with van der Waals surface area (Å²) in [5.74, 6) is 1.01. The highest BCUT2D eigenvalue weighted by atomic mass is 32.2. The monoisotopic (exact) mass is 163 g/mol. The van der Waals surface area contributed by atoms with Crippen molar-refractivity contribution >= 4 is 23.7 Å². The van der Waals surface area contributed by atoms with E-state index < -0.39 is 0 Å². The first-order valence-corrected chi connectivity index (χ1v) is 4.61. The molecule has 0 radical (unpaired) electrons. The summed E-state index contributed by atoms with van der Waals surface area (Å²) in [5, 5.41) is 0. The number of aryl methyl sites for hydroxylation is 1. The molecule has 2 heteroatoms. The number of hydrogen-bond donors (Lipinski definition) is 0. The summed E-state index contributed by atoms with van der Waals surface area (Å²) in [6, 6.07) is 6.25. The van der Waals surface area contributed by atoms with Gasteiger partial charge in [-0.05, 0) is 18.6 Å². The van der Waals surface area contributed by atoms with E-state index in [2.05, 4.69) is 30.1 Å². The maximum Gasteiger partial charge on any atom is 0.0764 e. The van der Waals surface area contributed by atoms with Gasteiger partial charge in [0.15, 0.2) is 0 Å². The quantitative estimate of drug-likeness (QED) is 0.573. The Morgan fingerprint density at radius 3 is 3.18 bits per heavy atom. The normalized spacial score (nSPS) is 14.6. The van der Waals surface area contributed by atoms with Crippen molar-refractivity contribution in [1.82, 2.24) is 0 Å². The minimum atomic E-state index is 1.01. The molecule has 1 aromatic rings. The molecule has 0 spiro atoms. The Balaban J connectivity index is 2.60. The van der Waals surface area contributed by atoms with Crippen LogP contribution in [0.5, 0.6) is 0 Å². The highest BCUT2D eigenvalue weighted by Crippen LogP contribution is 2.34. The molecule has 0 unspecified atom stereocenters. The van der Waals surface area contributed by atoms with E-state index in [0.29, 0.717) is 0 Å². The van der Waals surface area contributed by atoms with Crippen molar-refractivity contribution in [3.05, 3.63) is 23.8 Å². The largest absolute Gasteiger partial charge is 0.259 e. The maximum atomic E-state index is 4.31. The first kappa shape index (κ1) is 6.92. The summed E-state index contributed by atoms with van der Waals surface area (Å²) >= 11 is 1.87. The predicted molar refractivity (Wildman–Crippen MR) is 50.1 cm³/mol. The molecule has 0 fully saturated rings. The van der Waals surface area contributed by atoms with Gasteiger partial charge in [-0.15, -0.1) is 11.8 Å². The molecule has 0 amide bonds. The molecule has 1 heterocycles. The number of thioether (sulfide) groups is 1. The fourth-order valence-corrected chi connectivity index (χ4v) is 2.06. The van der Waals surface area contributed by atoms with Gasteiger partial charge in [-0.25, -0.2) is 0 Å². The van der Waals surface area contributed by atoms with Gasteiger partial charge in [-0.3, -0.25) is 4.99 Å². The zero-order valence-electron chi connectivity index (χ0n) is 6.37. The van der Waals surface area contributed by atoms with Crippen LogP contribution in [0.2, 0.25) is 0 Å². The van der Waals surface area contributed by atoms with E-state index in [0.717, 1.165) is 11.4 Å². The molecule has 11 heavy (non-hydrogen) atoms. The van der Waals surface area contributed by atoms with Gasteiger partial charge in [-0.1, -0.05) is 12.1 Å². The van der Waals surface area contributed by atoms with E-state index in [4.69, 9.17) is 0 Å². The van der Waals surface area contributed by atoms with E-state index in [-0.39, 0.29) is 0 Å². The Morgan fingerprint density at radius 2 is 2.36 bits per heavy atom. The van der Waals surface area contributed by atoms with Gasteiger partial charge in [0.05, 0.1) is 5.69 Å². The van der Waals surface area contributed by atoms with Crippen LogP contribution in [0, 0.1) is 6.92 Å². The highest BCUT2D eigenvalue weighted by Gasteiger charge is 2.06. The molecule has 0 atom stereocenters. The molecule has 0 aliphatic carbocycles. The van der Waals surface area contributed by atoms with Crippen LogP contribution in [0.25, 0.3) is 0 Å². The summed E-state index contributed by atoms with van der Waals surface area (Å²) in [7, 11) is 0. The molecule has 0 aromatic heterocycles. The Morgan fingerprint density at radius 1 is 1.45 bits per heavy atom. The third-order valence-corrected chi connectivity index (χ3v) is 2.86. The minimum Gasteiger partial charge on any atom is -0.259 e. The average Bonchev–Trinajstić information content (AvgIpc) is 2.06. The lowest BCUT2D eigenvalue weighted by Gasteiger charge is -2.10. The Bertz CT molecular complexity index is 304. The summed E-state index contributed by atoms with van der Waals surface area (Å²) < 4.78 is 0. The Kier molecular flexibility index (Phi) is 1.70. The average molecular weight is 163 g/mol. The van der Waals surface area contributed by atoms with Crippen molar-refractivity contribution in [1.29, 1.82) is 0 Å². The van der Waals surface area contributed by atoms with E-state index in [1.54, 1.807) is 0 Å². The fraction of sp³-hybridized carbons (Fsp3) is 0.222. The van der Waals surface area contributed by atoms with Gasteiger partial charge in [0.1, 0.15) is 0 Å². The van der Waals surface area contributed by atoms with Crippen molar-refractivity contribution < 1.29 is 0 Å². The molecular formula is C9H9NS. The molecule has 2 rings (SSSR count). The van der Waals surface area contributed by atoms with Gasteiger partial charge >= 0.3 is 0 Å². The number of aliphatic imine (C=N–C) groups is 1. The first-order valence-electron chi connectivity index (χ1n) is 3.63. The van der Waals surface area contributed by atoms with Crippen LogP contribution in [0.15, 0.2) is 28.1 Å². The third kappa shape index (κ3) is 1.18. The molecule has 1 nitrogen and oxygen atoms in total. The van der Waals surface area contributed by atoms with Gasteiger partial charge in [-0.2, -0.15) is 0 Å². The van der Waals surface area contributed by atoms with Gasteiger partial charge < -0.3 is 0 Å². The van der Waals surface area contributed by atoms with E-state index >= 15 is 0 Å². The molecular weight excluding hydrogens is 154 g/mol. The zero-order chi connectivity index (χ0) is 7.68. The Labute approximate surface area is 70.5 Å². The minimum absolute atomic E-state index is 1.01. The standard InChI is InChI=1S/C9H9NS/c1-7-3-2-4-8-9(7)11-6-5-10-8/h2-5H,6H2,1H3. The lowest BCUT2D eigenvalue weighted by molar-refractivity contribution is 1.26. The number of benzene rings is 1. The summed E-state index contributed by atoms with van der Waals surface area (Å²) in [6.07, 6.45) is 1.96. The lowest BCUT2D eigenvalue weighted by atomic mass is 10.2. The highest BCUT2D eigenvalue weighted by molar-refractivity contribution is 8.00. The molecule has 1 aliphatic heterocycles. The van der Waals surface area contributed by atoms with Crippen molar-refractivity contribution in [2.75, 3.05) is 5.75 Å². The molecule has 0 N–H and O–H groups in total. The van der Waals surface area contributed by atoms with Crippen LogP contribution in [0.1, 0.15) is 5.56 Å². The summed E-state index contributed by atoms with van der Waals surface area (Å²) in [6.45, 7) is 2.13. The molecule has 0 saturated carbocycles. The summed E-state index contributed by atoms with van der Waals surface area (Å²) in [4.78, 5) is 5.65. The number of fused-ring (bicyclic) bond motifs is 1. The molecule has 1 aromatic carbocycles. The van der Waals surface area contributed by atoms with Crippen molar-refractivity contribution in [3.63, 3.8) is 0 Å². The zero-order valence-corrected chi connectivity index (χ0v) is 7.19. The molecule has 56 valence electrons. The predicted octanol–water partition coefficient (Wildman–Crippen LogP) is 2.80. The third-order valence-electron chi connectivity index (χ3n) is 1.72. The van der Waals surface area contributed by atoms with Crippen LogP contribution >= 0.6 is 11.8 Å². The second kappa shape index (κ2) is 2.70. The number of nitrogens with zero attached hydrogens (tertiary/aromatic N) is 1. The number of rotatable bonds is 0. The van der Waals surface area contributed by atoms with Crippen LogP contribution in [-0.2, 0) is 0 Å². The number of hydrogen-bond acceptors (Lipinski definition) is 2. The van der Waals surface area contributed by atoms with E-state index in [1.807, 2.05) is 18.0 Å². The van der Waals surface area contributed by atoms with Gasteiger partial charge in [0.25, 0.3) is 0 Å². The second-order valence-corrected chi connectivity index (χ2v) is 3.58. The summed E-state index contributed by atoms with van der Waals surface area (Å²) in [5.41, 5.74) is 2.46. The van der Waals surface area contributed by atoms with E-state index in [1.165, 1.54) is 10.5 Å². The maximum absolute atomic E-state index is 4.31. The lowest BCUT2D eigenvalue weighted by Crippen LogP contribution is -1.90. The SMILES string of the molecule is Cc1cccc2c1SCC=N2. The molecule has 1 aliphatic rings. The van der Waals surface area contributed by atoms with Crippen LogP contribution in [-0.4, -0.2) is 12.0 Å². The first-order chi connectivity index (χ1) is 5.38. The molecule has 0 bridgehead atoms. The van der Waals surface area contributed by atoms with Crippen LogP contribution in [0.3, 0.4) is 0 Å². The van der Waals surface area contributed by atoms with Crippen molar-refractivity contribution in [2.45, 2.75) is 11.8 Å².